The normalized spacial score (nSPS) is 12.5. The fourth-order valence-electron chi connectivity index (χ4n) is 2.57. The zero-order valence-electron chi connectivity index (χ0n) is 13.0. The SMILES string of the molecule is CCCNC(CCC)c1ccn(Cc2ccc(O)cc2)c1. The zero-order valence-corrected chi connectivity index (χ0v) is 13.0. The zero-order chi connectivity index (χ0) is 15.1. The van der Waals surface area contributed by atoms with E-state index in [0.29, 0.717) is 11.8 Å². The first-order valence-corrected chi connectivity index (χ1v) is 7.90. The molecule has 2 aromatic rings. The molecule has 3 nitrogen and oxygen atoms in total. The molecule has 114 valence electrons. The molecule has 1 aromatic carbocycles. The van der Waals surface area contributed by atoms with Crippen LogP contribution in [0, 0.1) is 0 Å². The number of phenols is 1. The van der Waals surface area contributed by atoms with Crippen molar-refractivity contribution in [2.45, 2.75) is 45.7 Å². The van der Waals surface area contributed by atoms with Gasteiger partial charge in [0, 0.05) is 25.0 Å². The van der Waals surface area contributed by atoms with Gasteiger partial charge in [-0.1, -0.05) is 32.4 Å². The number of aromatic nitrogens is 1. The maximum atomic E-state index is 9.33. The van der Waals surface area contributed by atoms with Gasteiger partial charge in [0.1, 0.15) is 5.75 Å². The molecule has 21 heavy (non-hydrogen) atoms. The first-order valence-electron chi connectivity index (χ1n) is 7.90. The van der Waals surface area contributed by atoms with Gasteiger partial charge in [0.05, 0.1) is 0 Å². The van der Waals surface area contributed by atoms with Crippen LogP contribution in [0.25, 0.3) is 0 Å². The van der Waals surface area contributed by atoms with E-state index in [-0.39, 0.29) is 0 Å². The summed E-state index contributed by atoms with van der Waals surface area (Å²) in [5.74, 6) is 0.318. The van der Waals surface area contributed by atoms with Crippen molar-refractivity contribution in [1.29, 1.82) is 0 Å². The highest BCUT2D eigenvalue weighted by molar-refractivity contribution is 5.26. The van der Waals surface area contributed by atoms with Crippen LogP contribution in [0.2, 0.25) is 0 Å². The molecule has 0 aliphatic carbocycles. The number of nitrogens with one attached hydrogen (secondary N) is 1. The number of phenolic OH excluding ortho intramolecular Hbond substituents is 1. The first kappa shape index (κ1) is 15.6. The minimum absolute atomic E-state index is 0.318. The molecule has 0 spiro atoms. The molecule has 1 atom stereocenters. The third kappa shape index (κ3) is 4.64. The van der Waals surface area contributed by atoms with Gasteiger partial charge in [-0.05, 0) is 48.7 Å². The van der Waals surface area contributed by atoms with Gasteiger partial charge in [-0.25, -0.2) is 0 Å². The molecule has 0 amide bonds. The predicted molar refractivity (Wildman–Crippen MR) is 87.6 cm³/mol. The van der Waals surface area contributed by atoms with Crippen molar-refractivity contribution < 1.29 is 5.11 Å². The highest BCUT2D eigenvalue weighted by Gasteiger charge is 2.10. The van der Waals surface area contributed by atoms with Crippen molar-refractivity contribution in [2.75, 3.05) is 6.54 Å². The number of hydrogen-bond acceptors (Lipinski definition) is 2. The molecule has 0 radical (unpaired) electrons. The Morgan fingerprint density at radius 1 is 1.10 bits per heavy atom. The Labute approximate surface area is 127 Å². The summed E-state index contributed by atoms with van der Waals surface area (Å²) in [6.07, 6.45) is 7.89. The molecular weight excluding hydrogens is 260 g/mol. The van der Waals surface area contributed by atoms with Crippen molar-refractivity contribution in [3.8, 4) is 5.75 Å². The quantitative estimate of drug-likeness (QED) is 0.767. The van der Waals surface area contributed by atoms with Crippen LogP contribution in [-0.2, 0) is 6.54 Å². The van der Waals surface area contributed by atoms with Crippen molar-refractivity contribution in [3.05, 3.63) is 53.9 Å². The highest BCUT2D eigenvalue weighted by atomic mass is 16.3. The Hall–Kier alpha value is -1.74. The lowest BCUT2D eigenvalue weighted by Gasteiger charge is -2.16. The fourth-order valence-corrected chi connectivity index (χ4v) is 2.57. The number of hydrogen-bond donors (Lipinski definition) is 2. The van der Waals surface area contributed by atoms with E-state index in [0.717, 1.165) is 19.5 Å². The second kappa shape index (κ2) is 7.89. The van der Waals surface area contributed by atoms with Crippen molar-refractivity contribution >= 4 is 0 Å². The lowest BCUT2D eigenvalue weighted by Crippen LogP contribution is -2.21. The number of rotatable bonds is 8. The molecule has 0 saturated carbocycles. The van der Waals surface area contributed by atoms with E-state index in [1.807, 2.05) is 12.1 Å². The molecule has 3 heteroatoms. The lowest BCUT2D eigenvalue weighted by molar-refractivity contribution is 0.475. The van der Waals surface area contributed by atoms with E-state index in [4.69, 9.17) is 0 Å². The summed E-state index contributed by atoms with van der Waals surface area (Å²) in [6.45, 7) is 6.33. The standard InChI is InChI=1S/C18H26N2O/c1-3-5-18(19-11-4-2)16-10-12-20(14-16)13-15-6-8-17(21)9-7-15/h6-10,12,14,18-19,21H,3-5,11,13H2,1-2H3. The number of nitrogens with zero attached hydrogens (tertiary/aromatic N) is 1. The molecule has 1 unspecified atom stereocenters. The minimum atomic E-state index is 0.318. The van der Waals surface area contributed by atoms with Gasteiger partial charge in [0.15, 0.2) is 0 Å². The van der Waals surface area contributed by atoms with Crippen LogP contribution in [0.1, 0.15) is 50.3 Å². The highest BCUT2D eigenvalue weighted by Crippen LogP contribution is 2.20. The number of aromatic hydroxyl groups is 1. The Bertz CT molecular complexity index is 530. The Morgan fingerprint density at radius 3 is 2.52 bits per heavy atom. The van der Waals surface area contributed by atoms with E-state index in [2.05, 4.69) is 42.2 Å². The van der Waals surface area contributed by atoms with Gasteiger partial charge in [-0.3, -0.25) is 0 Å². The van der Waals surface area contributed by atoms with Crippen LogP contribution in [0.3, 0.4) is 0 Å². The van der Waals surface area contributed by atoms with Gasteiger partial charge in [-0.2, -0.15) is 0 Å². The van der Waals surface area contributed by atoms with Gasteiger partial charge >= 0.3 is 0 Å². The van der Waals surface area contributed by atoms with Crippen molar-refractivity contribution in [1.82, 2.24) is 9.88 Å². The molecule has 2 rings (SSSR count). The summed E-state index contributed by atoms with van der Waals surface area (Å²) < 4.78 is 2.21. The van der Waals surface area contributed by atoms with Gasteiger partial charge in [-0.15, -0.1) is 0 Å². The second-order valence-electron chi connectivity index (χ2n) is 5.58. The molecule has 0 fully saturated rings. The van der Waals surface area contributed by atoms with Crippen LogP contribution in [0.5, 0.6) is 5.75 Å². The lowest BCUT2D eigenvalue weighted by atomic mass is 10.1. The van der Waals surface area contributed by atoms with Gasteiger partial charge in [0.25, 0.3) is 0 Å². The summed E-state index contributed by atoms with van der Waals surface area (Å²) in [4.78, 5) is 0. The molecule has 0 aliphatic heterocycles. The maximum Gasteiger partial charge on any atom is 0.115 e. The Morgan fingerprint density at radius 2 is 1.86 bits per heavy atom. The Balaban J connectivity index is 2.03. The van der Waals surface area contributed by atoms with Crippen LogP contribution in [0.15, 0.2) is 42.7 Å². The fraction of sp³-hybridized carbons (Fsp3) is 0.444. The third-order valence-corrected chi connectivity index (χ3v) is 3.70. The van der Waals surface area contributed by atoms with E-state index in [1.54, 1.807) is 12.1 Å². The monoisotopic (exact) mass is 286 g/mol. The van der Waals surface area contributed by atoms with Crippen LogP contribution in [-0.4, -0.2) is 16.2 Å². The summed E-state index contributed by atoms with van der Waals surface area (Å²) in [5, 5.41) is 13.0. The maximum absolute atomic E-state index is 9.33. The van der Waals surface area contributed by atoms with Gasteiger partial charge < -0.3 is 15.0 Å². The van der Waals surface area contributed by atoms with E-state index in [9.17, 15) is 5.11 Å². The largest absolute Gasteiger partial charge is 0.508 e. The van der Waals surface area contributed by atoms with E-state index >= 15 is 0 Å². The average Bonchev–Trinajstić information content (AvgIpc) is 2.94. The third-order valence-electron chi connectivity index (χ3n) is 3.70. The molecule has 1 aromatic heterocycles. The molecular formula is C18H26N2O. The van der Waals surface area contributed by atoms with Crippen molar-refractivity contribution in [3.63, 3.8) is 0 Å². The second-order valence-corrected chi connectivity index (χ2v) is 5.58. The predicted octanol–water partition coefficient (Wildman–Crippen LogP) is 4.08. The number of benzene rings is 1. The van der Waals surface area contributed by atoms with Crippen LogP contribution in [0.4, 0.5) is 0 Å². The summed E-state index contributed by atoms with van der Waals surface area (Å²) in [6, 6.07) is 10.1. The first-order chi connectivity index (χ1) is 10.2. The minimum Gasteiger partial charge on any atom is -0.508 e. The molecule has 2 N–H and O–H groups in total. The summed E-state index contributed by atoms with van der Waals surface area (Å²) >= 11 is 0. The molecule has 1 heterocycles. The van der Waals surface area contributed by atoms with E-state index in [1.165, 1.54) is 24.0 Å². The molecule has 0 bridgehead atoms. The topological polar surface area (TPSA) is 37.2 Å². The summed E-state index contributed by atoms with van der Waals surface area (Å²) in [7, 11) is 0. The summed E-state index contributed by atoms with van der Waals surface area (Å²) in [5.41, 5.74) is 2.56. The van der Waals surface area contributed by atoms with Crippen LogP contribution >= 0.6 is 0 Å². The smallest absolute Gasteiger partial charge is 0.115 e. The van der Waals surface area contributed by atoms with E-state index < -0.39 is 0 Å². The Kier molecular flexibility index (Phi) is 5.88. The van der Waals surface area contributed by atoms with Crippen molar-refractivity contribution in [2.24, 2.45) is 0 Å². The van der Waals surface area contributed by atoms with Gasteiger partial charge in [0.2, 0.25) is 0 Å². The molecule has 0 saturated heterocycles. The molecule has 0 aliphatic rings. The average molecular weight is 286 g/mol. The van der Waals surface area contributed by atoms with Crippen LogP contribution < -0.4 is 5.32 Å².